The molecule has 0 radical (unpaired) electrons. The number of ether oxygens (including phenoxy) is 3. The molecule has 1 aromatic rings. The highest BCUT2D eigenvalue weighted by molar-refractivity contribution is 5.93. The number of allylic oxidation sites excluding steroid dienone is 1. The molecule has 4 N–H and O–H groups in total. The van der Waals surface area contributed by atoms with Gasteiger partial charge in [-0.05, 0) is 19.1 Å². The second kappa shape index (κ2) is 7.08. The molecule has 1 aromatic carbocycles. The van der Waals surface area contributed by atoms with Gasteiger partial charge in [-0.1, -0.05) is 6.07 Å². The zero-order chi connectivity index (χ0) is 15.1. The van der Waals surface area contributed by atoms with Gasteiger partial charge in [-0.25, -0.2) is 4.79 Å². The fourth-order valence-electron chi connectivity index (χ4n) is 1.52. The summed E-state index contributed by atoms with van der Waals surface area (Å²) in [5, 5.41) is 0. The van der Waals surface area contributed by atoms with Crippen molar-refractivity contribution < 1.29 is 19.0 Å². The molecule has 6 nitrogen and oxygen atoms in total. The van der Waals surface area contributed by atoms with Gasteiger partial charge in [0, 0.05) is 18.0 Å². The Bertz CT molecular complexity index is 546. The van der Waals surface area contributed by atoms with E-state index in [2.05, 4.69) is 4.74 Å². The van der Waals surface area contributed by atoms with Crippen molar-refractivity contribution in [3.05, 3.63) is 47.5 Å². The van der Waals surface area contributed by atoms with Crippen LogP contribution in [0.5, 0.6) is 11.5 Å². The third-order valence-corrected chi connectivity index (χ3v) is 2.45. The Morgan fingerprint density at radius 3 is 2.40 bits per heavy atom. The van der Waals surface area contributed by atoms with E-state index < -0.39 is 5.97 Å². The third kappa shape index (κ3) is 3.68. The predicted molar refractivity (Wildman–Crippen MR) is 74.8 cm³/mol. The van der Waals surface area contributed by atoms with Gasteiger partial charge < -0.3 is 25.7 Å². The highest BCUT2D eigenvalue weighted by Crippen LogP contribution is 2.24. The SMILES string of the molecule is COC(=O)C(/C(=C\N)Oc1cccc(OC)c1)=C(\C)N. The molecule has 1 rings (SSSR count). The lowest BCUT2D eigenvalue weighted by Crippen LogP contribution is -2.17. The van der Waals surface area contributed by atoms with Crippen LogP contribution in [-0.2, 0) is 9.53 Å². The van der Waals surface area contributed by atoms with Crippen molar-refractivity contribution in [1.29, 1.82) is 0 Å². The van der Waals surface area contributed by atoms with E-state index in [1.807, 2.05) is 0 Å². The maximum Gasteiger partial charge on any atom is 0.343 e. The number of hydrogen-bond acceptors (Lipinski definition) is 6. The molecule has 0 fully saturated rings. The minimum absolute atomic E-state index is 0.0813. The first-order chi connectivity index (χ1) is 9.53. The lowest BCUT2D eigenvalue weighted by atomic mass is 10.2. The fourth-order valence-corrected chi connectivity index (χ4v) is 1.52. The summed E-state index contributed by atoms with van der Waals surface area (Å²) in [6, 6.07) is 6.88. The predicted octanol–water partition coefficient (Wildman–Crippen LogP) is 1.28. The molecule has 0 amide bonds. The van der Waals surface area contributed by atoms with Crippen molar-refractivity contribution in [1.82, 2.24) is 0 Å². The Hall–Kier alpha value is -2.63. The van der Waals surface area contributed by atoms with Crippen LogP contribution >= 0.6 is 0 Å². The van der Waals surface area contributed by atoms with Crippen molar-refractivity contribution in [3.63, 3.8) is 0 Å². The lowest BCUT2D eigenvalue weighted by Gasteiger charge is -2.13. The van der Waals surface area contributed by atoms with E-state index in [9.17, 15) is 4.79 Å². The lowest BCUT2D eigenvalue weighted by molar-refractivity contribution is -0.136. The van der Waals surface area contributed by atoms with Gasteiger partial charge >= 0.3 is 5.97 Å². The molecule has 0 aliphatic carbocycles. The summed E-state index contributed by atoms with van der Waals surface area (Å²) in [5.74, 6) is 0.574. The molecular weight excluding hydrogens is 260 g/mol. The zero-order valence-corrected chi connectivity index (χ0v) is 11.7. The van der Waals surface area contributed by atoms with Crippen molar-refractivity contribution in [2.75, 3.05) is 14.2 Å². The van der Waals surface area contributed by atoms with Gasteiger partial charge in [-0.3, -0.25) is 0 Å². The van der Waals surface area contributed by atoms with E-state index >= 15 is 0 Å². The van der Waals surface area contributed by atoms with Crippen LogP contribution in [0.15, 0.2) is 47.5 Å². The van der Waals surface area contributed by atoms with Gasteiger partial charge in [0.05, 0.1) is 14.2 Å². The Balaban J connectivity index is 3.08. The molecule has 0 saturated carbocycles. The normalized spacial score (nSPS) is 12.4. The molecule has 0 heterocycles. The third-order valence-electron chi connectivity index (χ3n) is 2.45. The summed E-state index contributed by atoms with van der Waals surface area (Å²) in [6.45, 7) is 1.56. The summed E-state index contributed by atoms with van der Waals surface area (Å²) in [5.41, 5.74) is 11.5. The van der Waals surface area contributed by atoms with Crippen LogP contribution in [-0.4, -0.2) is 20.2 Å². The average Bonchev–Trinajstić information content (AvgIpc) is 2.45. The first-order valence-electron chi connectivity index (χ1n) is 5.82. The van der Waals surface area contributed by atoms with Crippen LogP contribution < -0.4 is 20.9 Å². The van der Waals surface area contributed by atoms with E-state index in [1.54, 1.807) is 38.3 Å². The molecule has 0 saturated heterocycles. The number of carbonyl (C=O) groups excluding carboxylic acids is 1. The number of benzene rings is 1. The van der Waals surface area contributed by atoms with Crippen LogP contribution in [0, 0.1) is 0 Å². The molecule has 0 aliphatic heterocycles. The van der Waals surface area contributed by atoms with E-state index in [1.165, 1.54) is 7.11 Å². The number of methoxy groups -OCH3 is 2. The van der Waals surface area contributed by atoms with Crippen molar-refractivity contribution in [3.8, 4) is 11.5 Å². The minimum atomic E-state index is -0.621. The van der Waals surface area contributed by atoms with Gasteiger partial charge in [-0.2, -0.15) is 0 Å². The van der Waals surface area contributed by atoms with Crippen LogP contribution in [0.3, 0.4) is 0 Å². The molecule has 20 heavy (non-hydrogen) atoms. The molecule has 0 bridgehead atoms. The summed E-state index contributed by atoms with van der Waals surface area (Å²) < 4.78 is 15.3. The summed E-state index contributed by atoms with van der Waals surface area (Å²) in [7, 11) is 2.80. The van der Waals surface area contributed by atoms with Gasteiger partial charge in [0.15, 0.2) is 5.76 Å². The van der Waals surface area contributed by atoms with Gasteiger partial charge in [-0.15, -0.1) is 0 Å². The largest absolute Gasteiger partial charge is 0.497 e. The topological polar surface area (TPSA) is 96.8 Å². The number of esters is 1. The highest BCUT2D eigenvalue weighted by Gasteiger charge is 2.19. The highest BCUT2D eigenvalue weighted by atomic mass is 16.5. The van der Waals surface area contributed by atoms with Crippen LogP contribution in [0.1, 0.15) is 6.92 Å². The zero-order valence-electron chi connectivity index (χ0n) is 11.7. The van der Waals surface area contributed by atoms with Crippen molar-refractivity contribution >= 4 is 5.97 Å². The summed E-state index contributed by atoms with van der Waals surface area (Å²) >= 11 is 0. The second-order valence-corrected chi connectivity index (χ2v) is 3.86. The molecular formula is C14H18N2O4. The molecule has 0 unspecified atom stereocenters. The van der Waals surface area contributed by atoms with Crippen LogP contribution in [0.2, 0.25) is 0 Å². The van der Waals surface area contributed by atoms with E-state index in [0.717, 1.165) is 6.20 Å². The second-order valence-electron chi connectivity index (χ2n) is 3.86. The summed E-state index contributed by atoms with van der Waals surface area (Å²) in [4.78, 5) is 11.7. The Morgan fingerprint density at radius 2 is 1.90 bits per heavy atom. The molecule has 6 heteroatoms. The Labute approximate surface area is 117 Å². The molecule has 0 spiro atoms. The first kappa shape index (κ1) is 15.4. The molecule has 0 aromatic heterocycles. The molecule has 108 valence electrons. The number of carbonyl (C=O) groups is 1. The van der Waals surface area contributed by atoms with Gasteiger partial charge in [0.1, 0.15) is 17.1 Å². The van der Waals surface area contributed by atoms with Crippen molar-refractivity contribution in [2.24, 2.45) is 11.5 Å². The smallest absolute Gasteiger partial charge is 0.343 e. The Kier molecular flexibility index (Phi) is 5.46. The van der Waals surface area contributed by atoms with Gasteiger partial charge in [0.2, 0.25) is 0 Å². The van der Waals surface area contributed by atoms with Crippen molar-refractivity contribution in [2.45, 2.75) is 6.92 Å². The van der Waals surface area contributed by atoms with E-state index in [4.69, 9.17) is 20.9 Å². The monoisotopic (exact) mass is 278 g/mol. The van der Waals surface area contributed by atoms with E-state index in [-0.39, 0.29) is 17.0 Å². The van der Waals surface area contributed by atoms with Crippen LogP contribution in [0.25, 0.3) is 0 Å². The maximum atomic E-state index is 11.7. The van der Waals surface area contributed by atoms with Crippen LogP contribution in [0.4, 0.5) is 0 Å². The number of hydrogen-bond donors (Lipinski definition) is 2. The average molecular weight is 278 g/mol. The summed E-state index contributed by atoms with van der Waals surface area (Å²) in [6.07, 6.45) is 1.15. The van der Waals surface area contributed by atoms with E-state index in [0.29, 0.717) is 11.5 Å². The quantitative estimate of drug-likeness (QED) is 0.364. The first-order valence-corrected chi connectivity index (χ1v) is 5.82. The number of nitrogens with two attached hydrogens (primary N) is 2. The number of rotatable bonds is 5. The molecule has 0 atom stereocenters. The standard InChI is InChI=1S/C14H18N2O4/c1-9(16)13(14(17)19-3)12(8-15)20-11-6-4-5-10(7-11)18-2/h4-8H,15-16H2,1-3H3/b12-8+,13-9+. The minimum Gasteiger partial charge on any atom is -0.497 e. The van der Waals surface area contributed by atoms with Gasteiger partial charge in [0.25, 0.3) is 0 Å². The fraction of sp³-hybridized carbons (Fsp3) is 0.214. The Morgan fingerprint density at radius 1 is 1.25 bits per heavy atom. The molecule has 0 aliphatic rings. The maximum absolute atomic E-state index is 11.7.